The summed E-state index contributed by atoms with van der Waals surface area (Å²) in [5, 5.41) is 6.71. The number of aryl methyl sites for hydroxylation is 1. The number of amides is 1. The average Bonchev–Trinajstić information content (AvgIpc) is 3.26. The lowest BCUT2D eigenvalue weighted by molar-refractivity contribution is -0.111. The van der Waals surface area contributed by atoms with Gasteiger partial charge in [-0.25, -0.2) is 18.4 Å². The molecule has 0 fully saturated rings. The highest BCUT2D eigenvalue weighted by molar-refractivity contribution is 7.90. The van der Waals surface area contributed by atoms with Crippen LogP contribution in [0.4, 0.5) is 23.0 Å². The second-order valence-electron chi connectivity index (χ2n) is 9.94. The highest BCUT2D eigenvalue weighted by atomic mass is 32.2. The molecule has 0 atom stereocenters. The van der Waals surface area contributed by atoms with Gasteiger partial charge in [-0.05, 0) is 29.8 Å². The van der Waals surface area contributed by atoms with Crippen LogP contribution in [0.1, 0.15) is 5.56 Å². The minimum absolute atomic E-state index is 0.0860. The number of nitrogens with one attached hydrogen (secondary N) is 2. The summed E-state index contributed by atoms with van der Waals surface area (Å²) in [4.78, 5) is 22.9. The van der Waals surface area contributed by atoms with Gasteiger partial charge in [0.15, 0.2) is 0 Å². The molecule has 15 heteroatoms. The van der Waals surface area contributed by atoms with Crippen LogP contribution < -0.4 is 20.3 Å². The molecule has 228 valence electrons. The third-order valence-electron chi connectivity index (χ3n) is 6.55. The topological polar surface area (TPSA) is 173 Å². The molecule has 3 N–H and O–H groups in total. The molecule has 1 amide bonds. The van der Waals surface area contributed by atoms with Gasteiger partial charge >= 0.3 is 0 Å². The molecule has 2 aromatic heterocycles. The van der Waals surface area contributed by atoms with Gasteiger partial charge < -0.3 is 24.8 Å². The van der Waals surface area contributed by atoms with Crippen molar-refractivity contribution in [3.8, 4) is 17.0 Å². The number of aromatic nitrogens is 3. The molecule has 4 rings (SSSR count). The maximum Gasteiger partial charge on any atom is 0.269 e. The summed E-state index contributed by atoms with van der Waals surface area (Å²) in [7, 11) is -2.39. The molecule has 13 nitrogen and oxygen atoms in total. The molecule has 0 aliphatic carbocycles. The molecular weight excluding hydrogens is 596 g/mol. The predicted octanol–water partition coefficient (Wildman–Crippen LogP) is 3.38. The second-order valence-corrected chi connectivity index (χ2v) is 13.6. The van der Waals surface area contributed by atoms with Crippen molar-refractivity contribution in [2.75, 3.05) is 48.2 Å². The Hall–Kier alpha value is -4.47. The van der Waals surface area contributed by atoms with Gasteiger partial charge in [0, 0.05) is 61.8 Å². The van der Waals surface area contributed by atoms with Gasteiger partial charge in [-0.1, -0.05) is 18.7 Å². The first-order chi connectivity index (χ1) is 20.2. The van der Waals surface area contributed by atoms with Gasteiger partial charge in [-0.3, -0.25) is 9.35 Å². The Morgan fingerprint density at radius 2 is 1.91 bits per heavy atom. The first-order valence-electron chi connectivity index (χ1n) is 12.9. The fourth-order valence-electron chi connectivity index (χ4n) is 4.48. The monoisotopic (exact) mass is 628 g/mol. The van der Waals surface area contributed by atoms with E-state index in [-0.39, 0.29) is 18.2 Å². The van der Waals surface area contributed by atoms with E-state index in [0.717, 1.165) is 28.8 Å². The van der Waals surface area contributed by atoms with E-state index in [9.17, 15) is 26.2 Å². The van der Waals surface area contributed by atoms with E-state index in [2.05, 4.69) is 27.2 Å². The smallest absolute Gasteiger partial charge is 0.269 e. The Kier molecular flexibility index (Phi) is 9.08. The van der Waals surface area contributed by atoms with E-state index in [1.165, 1.54) is 7.11 Å². The van der Waals surface area contributed by atoms with Crippen LogP contribution >= 0.6 is 0 Å². The summed E-state index contributed by atoms with van der Waals surface area (Å²) in [5.74, 6) is -0.410. The lowest BCUT2D eigenvalue weighted by atomic mass is 10.1. The zero-order valence-electron chi connectivity index (χ0n) is 24.0. The van der Waals surface area contributed by atoms with Crippen molar-refractivity contribution < 1.29 is 30.9 Å². The van der Waals surface area contributed by atoms with Crippen molar-refractivity contribution in [2.24, 2.45) is 7.05 Å². The van der Waals surface area contributed by atoms with E-state index in [1.54, 1.807) is 54.5 Å². The molecule has 43 heavy (non-hydrogen) atoms. The number of carbonyl (C=O) groups excluding carboxylic acids is 1. The molecule has 2 heterocycles. The van der Waals surface area contributed by atoms with Crippen molar-refractivity contribution in [1.82, 2.24) is 14.5 Å². The molecule has 0 spiro atoms. The number of ether oxygens (including phenoxy) is 1. The first-order valence-corrected chi connectivity index (χ1v) is 16.5. The molecule has 0 aliphatic rings. The number of hydrogen-bond acceptors (Lipinski definition) is 10. The van der Waals surface area contributed by atoms with Gasteiger partial charge in [-0.15, -0.1) is 0 Å². The van der Waals surface area contributed by atoms with Crippen molar-refractivity contribution >= 4 is 59.8 Å². The highest BCUT2D eigenvalue weighted by Gasteiger charge is 2.18. The average molecular weight is 629 g/mol. The van der Waals surface area contributed by atoms with E-state index in [0.29, 0.717) is 34.1 Å². The normalized spacial score (nSPS) is 11.7. The highest BCUT2D eigenvalue weighted by Crippen LogP contribution is 2.38. The lowest BCUT2D eigenvalue weighted by Crippen LogP contribution is -2.26. The zero-order valence-corrected chi connectivity index (χ0v) is 25.7. The van der Waals surface area contributed by atoms with E-state index in [1.807, 2.05) is 17.8 Å². The van der Waals surface area contributed by atoms with E-state index < -0.39 is 31.6 Å². The lowest BCUT2D eigenvalue weighted by Gasteiger charge is -2.24. The largest absolute Gasteiger partial charge is 0.494 e. The zero-order chi connectivity index (χ0) is 31.5. The van der Waals surface area contributed by atoms with Crippen LogP contribution in [0.2, 0.25) is 0 Å². The minimum atomic E-state index is -4.18. The fraction of sp³-hybridized carbons (Fsp3) is 0.250. The van der Waals surface area contributed by atoms with Gasteiger partial charge in [0.1, 0.15) is 21.3 Å². The number of rotatable bonds is 12. The maximum atomic E-state index is 12.2. The summed E-state index contributed by atoms with van der Waals surface area (Å²) in [6, 6.07) is 10.2. The standard InChI is InChI=1S/C28H32N6O7S2/c1-6-27(35)30-22-14-23(26(41-4)15-25(22)33(2)11-12-42(5,36)37)32-28-29-10-9-21(31-28)20-16-34(3)24-13-18(7-8-19(20)24)17-43(38,39)40/h6-10,13-16H,1,11-12,17H2,2-5H3,(H,30,35)(H,29,31,32)(H,38,39,40). The minimum Gasteiger partial charge on any atom is -0.494 e. The molecule has 2 aromatic carbocycles. The SMILES string of the molecule is C=CC(=O)Nc1cc(Nc2nccc(-c3cn(C)c4cc(CS(=O)(=O)O)ccc34)n2)c(OC)cc1N(C)CCS(C)(=O)=O. The van der Waals surface area contributed by atoms with Crippen LogP contribution in [0.15, 0.2) is 61.4 Å². The number of sulfone groups is 1. The Morgan fingerprint density at radius 3 is 2.56 bits per heavy atom. The fourth-order valence-corrected chi connectivity index (χ4v) is 5.69. The number of benzene rings is 2. The van der Waals surface area contributed by atoms with Crippen LogP contribution in [0.5, 0.6) is 5.75 Å². The summed E-state index contributed by atoms with van der Waals surface area (Å²) in [6.45, 7) is 3.68. The third kappa shape index (κ3) is 7.88. The number of methoxy groups -OCH3 is 1. The van der Waals surface area contributed by atoms with Gasteiger partial charge in [-0.2, -0.15) is 8.42 Å². The number of anilines is 4. The Labute approximate surface area is 249 Å². The summed E-state index contributed by atoms with van der Waals surface area (Å²) >= 11 is 0. The summed E-state index contributed by atoms with van der Waals surface area (Å²) in [5.41, 5.74) is 3.91. The van der Waals surface area contributed by atoms with Crippen LogP contribution in [-0.4, -0.2) is 74.5 Å². The van der Waals surface area contributed by atoms with Crippen LogP contribution in [0.25, 0.3) is 22.2 Å². The molecule has 0 unspecified atom stereocenters. The van der Waals surface area contributed by atoms with E-state index in [4.69, 9.17) is 4.74 Å². The van der Waals surface area contributed by atoms with Crippen molar-refractivity contribution in [1.29, 1.82) is 0 Å². The Balaban J connectivity index is 1.70. The molecule has 0 aliphatic heterocycles. The van der Waals surface area contributed by atoms with Gasteiger partial charge in [0.2, 0.25) is 11.9 Å². The number of nitrogens with zero attached hydrogens (tertiary/aromatic N) is 4. The quantitative estimate of drug-likeness (QED) is 0.155. The van der Waals surface area contributed by atoms with E-state index >= 15 is 0 Å². The molecule has 0 saturated heterocycles. The number of fused-ring (bicyclic) bond motifs is 1. The van der Waals surface area contributed by atoms with Crippen molar-refractivity contribution in [3.05, 3.63) is 67.0 Å². The van der Waals surface area contributed by atoms with Gasteiger partial charge in [0.05, 0.1) is 35.6 Å². The summed E-state index contributed by atoms with van der Waals surface area (Å²) in [6.07, 6.45) is 5.72. The number of hydrogen-bond donors (Lipinski definition) is 3. The van der Waals surface area contributed by atoms with Crippen molar-refractivity contribution in [3.63, 3.8) is 0 Å². The summed E-state index contributed by atoms with van der Waals surface area (Å²) < 4.78 is 62.9. The Bertz CT molecular complexity index is 1920. The maximum absolute atomic E-state index is 12.2. The van der Waals surface area contributed by atoms with Crippen LogP contribution in [0.3, 0.4) is 0 Å². The van der Waals surface area contributed by atoms with Gasteiger partial charge in [0.25, 0.3) is 10.1 Å². The molecular formula is C28H32N6O7S2. The molecule has 0 radical (unpaired) electrons. The van der Waals surface area contributed by atoms with Crippen LogP contribution in [0, 0.1) is 0 Å². The molecule has 4 aromatic rings. The third-order valence-corrected chi connectivity index (χ3v) is 8.17. The van der Waals surface area contributed by atoms with Crippen molar-refractivity contribution in [2.45, 2.75) is 5.75 Å². The predicted molar refractivity (Wildman–Crippen MR) is 167 cm³/mol. The molecule has 0 bridgehead atoms. The number of carbonyl (C=O) groups is 1. The molecule has 0 saturated carbocycles. The van der Waals surface area contributed by atoms with Crippen LogP contribution in [-0.2, 0) is 37.6 Å². The first kappa shape index (κ1) is 31.5. The Morgan fingerprint density at radius 1 is 1.16 bits per heavy atom. The second kappa shape index (κ2) is 12.4.